The zero-order valence-electron chi connectivity index (χ0n) is 12.0. The highest BCUT2D eigenvalue weighted by molar-refractivity contribution is 5.94. The number of para-hydroxylation sites is 1. The van der Waals surface area contributed by atoms with Crippen molar-refractivity contribution in [3.63, 3.8) is 0 Å². The van der Waals surface area contributed by atoms with Crippen molar-refractivity contribution in [3.8, 4) is 0 Å². The molecule has 0 fully saturated rings. The molecule has 0 aliphatic carbocycles. The van der Waals surface area contributed by atoms with Crippen LogP contribution in [0.25, 0.3) is 10.9 Å². The number of aromatic nitrogens is 1. The van der Waals surface area contributed by atoms with E-state index < -0.39 is 5.97 Å². The van der Waals surface area contributed by atoms with Crippen molar-refractivity contribution in [2.45, 2.75) is 26.8 Å². The topological polar surface area (TPSA) is 51.5 Å². The summed E-state index contributed by atoms with van der Waals surface area (Å²) in [5, 5.41) is 10.2. The fourth-order valence-corrected chi connectivity index (χ4v) is 2.21. The maximum atomic E-state index is 11.3. The Morgan fingerprint density at radius 3 is 2.75 bits per heavy atom. The maximum absolute atomic E-state index is 11.3. The summed E-state index contributed by atoms with van der Waals surface area (Å²) in [6, 6.07) is 9.42. The summed E-state index contributed by atoms with van der Waals surface area (Å²) in [6.07, 6.45) is 1.03. The van der Waals surface area contributed by atoms with Crippen molar-refractivity contribution in [2.75, 3.05) is 13.2 Å². The summed E-state index contributed by atoms with van der Waals surface area (Å²) in [5.74, 6) is -0.277. The molecule has 0 saturated heterocycles. The van der Waals surface area contributed by atoms with Crippen molar-refractivity contribution in [2.24, 2.45) is 5.92 Å². The van der Waals surface area contributed by atoms with Gasteiger partial charge >= 0.3 is 5.97 Å². The lowest BCUT2D eigenvalue weighted by Gasteiger charge is -2.10. The van der Waals surface area contributed by atoms with Gasteiger partial charge in [-0.1, -0.05) is 32.0 Å². The molecule has 0 radical (unpaired) electrons. The van der Waals surface area contributed by atoms with E-state index in [0.29, 0.717) is 24.8 Å². The highest BCUT2D eigenvalue weighted by Gasteiger charge is 2.13. The summed E-state index contributed by atoms with van der Waals surface area (Å²) < 4.78 is 7.40. The molecule has 0 unspecified atom stereocenters. The summed E-state index contributed by atoms with van der Waals surface area (Å²) in [7, 11) is 0. The third-order valence-corrected chi connectivity index (χ3v) is 3.33. The van der Waals surface area contributed by atoms with Crippen molar-refractivity contribution < 1.29 is 14.6 Å². The Morgan fingerprint density at radius 2 is 2.05 bits per heavy atom. The molecule has 0 aliphatic heterocycles. The summed E-state index contributed by atoms with van der Waals surface area (Å²) in [5.41, 5.74) is 1.26. The minimum atomic E-state index is -0.900. The monoisotopic (exact) mass is 275 g/mol. The van der Waals surface area contributed by atoms with Crippen LogP contribution in [-0.4, -0.2) is 28.9 Å². The molecule has 0 bridgehead atoms. The van der Waals surface area contributed by atoms with E-state index >= 15 is 0 Å². The fraction of sp³-hybridized carbons (Fsp3) is 0.438. The molecule has 4 heteroatoms. The molecule has 0 amide bonds. The van der Waals surface area contributed by atoms with Gasteiger partial charge in [0, 0.05) is 24.1 Å². The molecule has 20 heavy (non-hydrogen) atoms. The first kappa shape index (κ1) is 14.6. The first-order valence-corrected chi connectivity index (χ1v) is 6.99. The zero-order chi connectivity index (χ0) is 14.5. The standard InChI is InChI=1S/C16H21NO3/c1-12(2)7-9-20-10-8-17-14-6-4-3-5-13(14)11-15(17)16(18)19/h3-6,11-12H,7-10H2,1-2H3,(H,18,19). The number of ether oxygens (including phenoxy) is 1. The molecule has 2 rings (SSSR count). The molecule has 108 valence electrons. The molecule has 0 spiro atoms. The van der Waals surface area contributed by atoms with E-state index in [-0.39, 0.29) is 0 Å². The number of fused-ring (bicyclic) bond motifs is 1. The smallest absolute Gasteiger partial charge is 0.352 e. The normalized spacial score (nSPS) is 11.3. The molecule has 0 atom stereocenters. The Morgan fingerprint density at radius 1 is 1.30 bits per heavy atom. The largest absolute Gasteiger partial charge is 0.477 e. The van der Waals surface area contributed by atoms with Crippen LogP contribution < -0.4 is 0 Å². The van der Waals surface area contributed by atoms with Gasteiger partial charge in [-0.3, -0.25) is 0 Å². The first-order valence-electron chi connectivity index (χ1n) is 6.99. The van der Waals surface area contributed by atoms with Gasteiger partial charge in [-0.25, -0.2) is 4.79 Å². The predicted octanol–water partition coefficient (Wildman–Crippen LogP) is 3.40. The SMILES string of the molecule is CC(C)CCOCCn1c(C(=O)O)cc2ccccc21. The molecule has 2 aromatic rings. The van der Waals surface area contributed by atoms with Gasteiger partial charge in [0.2, 0.25) is 0 Å². The molecule has 1 aromatic carbocycles. The quantitative estimate of drug-likeness (QED) is 0.788. The lowest BCUT2D eigenvalue weighted by molar-refractivity contribution is 0.0680. The van der Waals surface area contributed by atoms with Crippen LogP contribution in [0.1, 0.15) is 30.8 Å². The predicted molar refractivity (Wildman–Crippen MR) is 79.2 cm³/mol. The van der Waals surface area contributed by atoms with Gasteiger partial charge in [-0.15, -0.1) is 0 Å². The van der Waals surface area contributed by atoms with Crippen molar-refractivity contribution in [3.05, 3.63) is 36.0 Å². The van der Waals surface area contributed by atoms with E-state index in [0.717, 1.165) is 23.9 Å². The van der Waals surface area contributed by atoms with Crippen LogP contribution in [0.3, 0.4) is 0 Å². The summed E-state index contributed by atoms with van der Waals surface area (Å²) >= 11 is 0. The van der Waals surface area contributed by atoms with Gasteiger partial charge in [-0.2, -0.15) is 0 Å². The van der Waals surface area contributed by atoms with Gasteiger partial charge in [0.05, 0.1) is 6.61 Å². The van der Waals surface area contributed by atoms with Crippen molar-refractivity contribution >= 4 is 16.9 Å². The average Bonchev–Trinajstić information content (AvgIpc) is 2.77. The van der Waals surface area contributed by atoms with Crippen LogP contribution in [0, 0.1) is 5.92 Å². The average molecular weight is 275 g/mol. The van der Waals surface area contributed by atoms with Gasteiger partial charge in [0.15, 0.2) is 0 Å². The maximum Gasteiger partial charge on any atom is 0.352 e. The zero-order valence-corrected chi connectivity index (χ0v) is 12.0. The van der Waals surface area contributed by atoms with E-state index in [2.05, 4.69) is 13.8 Å². The number of rotatable bonds is 7. The number of carboxylic acids is 1. The van der Waals surface area contributed by atoms with E-state index in [1.807, 2.05) is 28.8 Å². The third-order valence-electron chi connectivity index (χ3n) is 3.33. The van der Waals surface area contributed by atoms with Gasteiger partial charge in [0.1, 0.15) is 5.69 Å². The molecule has 0 aliphatic rings. The summed E-state index contributed by atoms with van der Waals surface area (Å²) in [4.78, 5) is 11.3. The van der Waals surface area contributed by atoms with Gasteiger partial charge < -0.3 is 14.4 Å². The van der Waals surface area contributed by atoms with Crippen LogP contribution in [-0.2, 0) is 11.3 Å². The number of nitrogens with zero attached hydrogens (tertiary/aromatic N) is 1. The third kappa shape index (κ3) is 3.39. The molecular weight excluding hydrogens is 254 g/mol. The van der Waals surface area contributed by atoms with Crippen molar-refractivity contribution in [1.82, 2.24) is 4.57 Å². The molecule has 1 heterocycles. The lowest BCUT2D eigenvalue weighted by Crippen LogP contribution is -2.13. The summed E-state index contributed by atoms with van der Waals surface area (Å²) in [6.45, 7) is 6.13. The molecular formula is C16H21NO3. The second kappa shape index (κ2) is 6.57. The van der Waals surface area contributed by atoms with Crippen molar-refractivity contribution in [1.29, 1.82) is 0 Å². The number of hydrogen-bond acceptors (Lipinski definition) is 2. The molecule has 1 aromatic heterocycles. The second-order valence-corrected chi connectivity index (χ2v) is 5.34. The fourth-order valence-electron chi connectivity index (χ4n) is 2.21. The highest BCUT2D eigenvalue weighted by atomic mass is 16.5. The van der Waals surface area contributed by atoms with E-state index in [1.165, 1.54) is 0 Å². The Kier molecular flexibility index (Phi) is 4.79. The minimum absolute atomic E-state index is 0.318. The van der Waals surface area contributed by atoms with Crippen LogP contribution >= 0.6 is 0 Å². The lowest BCUT2D eigenvalue weighted by atomic mass is 10.1. The Labute approximate surface area is 119 Å². The van der Waals surface area contributed by atoms with E-state index in [1.54, 1.807) is 6.07 Å². The second-order valence-electron chi connectivity index (χ2n) is 5.34. The van der Waals surface area contributed by atoms with Crippen LogP contribution in [0.2, 0.25) is 0 Å². The van der Waals surface area contributed by atoms with Crippen LogP contribution in [0.5, 0.6) is 0 Å². The number of carbonyl (C=O) groups is 1. The van der Waals surface area contributed by atoms with E-state index in [9.17, 15) is 9.90 Å². The van der Waals surface area contributed by atoms with Gasteiger partial charge in [0.25, 0.3) is 0 Å². The molecule has 4 nitrogen and oxygen atoms in total. The first-order chi connectivity index (χ1) is 9.59. The molecule has 1 N–H and O–H groups in total. The Bertz CT molecular complexity index is 586. The Hall–Kier alpha value is -1.81. The number of aromatic carboxylic acids is 1. The van der Waals surface area contributed by atoms with Crippen LogP contribution in [0.4, 0.5) is 0 Å². The highest BCUT2D eigenvalue weighted by Crippen LogP contribution is 2.19. The van der Waals surface area contributed by atoms with E-state index in [4.69, 9.17) is 4.74 Å². The minimum Gasteiger partial charge on any atom is -0.477 e. The number of carboxylic acid groups (broad SMARTS) is 1. The number of benzene rings is 1. The number of hydrogen-bond donors (Lipinski definition) is 1. The Balaban J connectivity index is 2.08. The van der Waals surface area contributed by atoms with Crippen LogP contribution in [0.15, 0.2) is 30.3 Å². The molecule has 0 saturated carbocycles. The van der Waals surface area contributed by atoms with Gasteiger partial charge in [-0.05, 0) is 24.5 Å².